The number of nitrogens with zero attached hydrogens (tertiary/aromatic N) is 2. The van der Waals surface area contributed by atoms with Crippen LogP contribution in [0.15, 0.2) is 6.20 Å². The van der Waals surface area contributed by atoms with Gasteiger partial charge in [0.2, 0.25) is 0 Å². The quantitative estimate of drug-likeness (QED) is 0.765. The number of aromatic nitrogens is 2. The normalized spacial score (nSPS) is 25.0. The molecule has 14 heavy (non-hydrogen) atoms. The highest BCUT2D eigenvalue weighted by Crippen LogP contribution is 2.37. The number of anilines is 2. The summed E-state index contributed by atoms with van der Waals surface area (Å²) in [4.78, 5) is 0. The average molecular weight is 194 g/mol. The number of hydrogen-bond acceptors (Lipinski definition) is 3. The highest BCUT2D eigenvalue weighted by molar-refractivity contribution is 5.60. The highest BCUT2D eigenvalue weighted by Gasteiger charge is 2.36. The van der Waals surface area contributed by atoms with Gasteiger partial charge in [-0.2, -0.15) is 5.10 Å². The van der Waals surface area contributed by atoms with Crippen LogP contribution in [-0.4, -0.2) is 15.8 Å². The second-order valence-corrected chi connectivity index (χ2v) is 4.14. The van der Waals surface area contributed by atoms with Crippen molar-refractivity contribution in [3.8, 4) is 0 Å². The van der Waals surface area contributed by atoms with Crippen LogP contribution in [0.4, 0.5) is 11.5 Å². The summed E-state index contributed by atoms with van der Waals surface area (Å²) >= 11 is 0. The van der Waals surface area contributed by atoms with Crippen LogP contribution in [0.25, 0.3) is 0 Å². The number of nitrogens with two attached hydrogens (primary N) is 1. The molecule has 4 heteroatoms. The van der Waals surface area contributed by atoms with E-state index < -0.39 is 0 Å². The van der Waals surface area contributed by atoms with Crippen molar-refractivity contribution in [3.63, 3.8) is 0 Å². The second-order valence-electron chi connectivity index (χ2n) is 4.14. The Bertz CT molecular complexity index is 318. The van der Waals surface area contributed by atoms with Gasteiger partial charge < -0.3 is 11.1 Å². The molecule has 78 valence electrons. The van der Waals surface area contributed by atoms with Gasteiger partial charge in [0.1, 0.15) is 0 Å². The van der Waals surface area contributed by atoms with Crippen LogP contribution in [0.3, 0.4) is 0 Å². The Hall–Kier alpha value is -1.19. The molecular formula is C10H18N4. The van der Waals surface area contributed by atoms with E-state index in [-0.39, 0.29) is 0 Å². The van der Waals surface area contributed by atoms with E-state index in [2.05, 4.69) is 17.3 Å². The summed E-state index contributed by atoms with van der Waals surface area (Å²) in [7, 11) is 1.89. The van der Waals surface area contributed by atoms with E-state index in [9.17, 15) is 0 Å². The van der Waals surface area contributed by atoms with Crippen LogP contribution in [0.5, 0.6) is 0 Å². The molecule has 2 atom stereocenters. The van der Waals surface area contributed by atoms with E-state index in [1.807, 2.05) is 13.2 Å². The van der Waals surface area contributed by atoms with Gasteiger partial charge in [0.25, 0.3) is 0 Å². The number of hydrogen-bond donors (Lipinski definition) is 2. The molecule has 0 amide bonds. The van der Waals surface area contributed by atoms with Crippen molar-refractivity contribution >= 4 is 11.5 Å². The molecule has 0 bridgehead atoms. The molecule has 1 aromatic rings. The molecule has 0 radical (unpaired) electrons. The molecule has 0 aliphatic heterocycles. The predicted molar refractivity (Wildman–Crippen MR) is 58.0 cm³/mol. The molecule has 0 spiro atoms. The summed E-state index contributed by atoms with van der Waals surface area (Å²) in [6, 6.07) is 0.604. The molecule has 0 saturated heterocycles. The minimum Gasteiger partial charge on any atom is -0.394 e. The first-order valence-corrected chi connectivity index (χ1v) is 5.26. The standard InChI is InChI=1S/C10H18N4/c1-3-4-7-5-9(7)12-10-8(11)6-14(2)13-10/h6-7,9H,3-5,11H2,1-2H3,(H,12,13). The monoisotopic (exact) mass is 194 g/mol. The van der Waals surface area contributed by atoms with Gasteiger partial charge in [0, 0.05) is 19.3 Å². The molecule has 1 aromatic heterocycles. The van der Waals surface area contributed by atoms with E-state index in [0.717, 1.165) is 17.4 Å². The van der Waals surface area contributed by atoms with Gasteiger partial charge in [-0.25, -0.2) is 0 Å². The first-order chi connectivity index (χ1) is 6.70. The maximum atomic E-state index is 5.79. The fourth-order valence-electron chi connectivity index (χ4n) is 1.91. The average Bonchev–Trinajstić information content (AvgIpc) is 2.74. The van der Waals surface area contributed by atoms with Crippen LogP contribution < -0.4 is 11.1 Å². The zero-order chi connectivity index (χ0) is 10.1. The van der Waals surface area contributed by atoms with Gasteiger partial charge in [0.05, 0.1) is 5.69 Å². The van der Waals surface area contributed by atoms with Crippen molar-refractivity contribution in [2.75, 3.05) is 11.1 Å². The van der Waals surface area contributed by atoms with E-state index in [1.165, 1.54) is 19.3 Å². The zero-order valence-electron chi connectivity index (χ0n) is 8.83. The lowest BCUT2D eigenvalue weighted by Gasteiger charge is -2.02. The summed E-state index contributed by atoms with van der Waals surface area (Å²) in [5.41, 5.74) is 6.54. The Kier molecular flexibility index (Phi) is 2.35. The third-order valence-electron chi connectivity index (χ3n) is 2.76. The van der Waals surface area contributed by atoms with E-state index in [1.54, 1.807) is 4.68 Å². The number of nitrogens with one attached hydrogen (secondary N) is 1. The summed E-state index contributed by atoms with van der Waals surface area (Å²) in [5, 5.41) is 7.65. The Morgan fingerprint density at radius 2 is 2.50 bits per heavy atom. The lowest BCUT2D eigenvalue weighted by molar-refractivity contribution is 0.690. The van der Waals surface area contributed by atoms with E-state index >= 15 is 0 Å². The van der Waals surface area contributed by atoms with Gasteiger partial charge >= 0.3 is 0 Å². The molecule has 1 saturated carbocycles. The number of nitrogen functional groups attached to an aromatic ring is 1. The second kappa shape index (κ2) is 3.52. The third kappa shape index (κ3) is 1.84. The maximum Gasteiger partial charge on any atom is 0.171 e. The smallest absolute Gasteiger partial charge is 0.171 e. The zero-order valence-corrected chi connectivity index (χ0v) is 8.83. The van der Waals surface area contributed by atoms with Crippen molar-refractivity contribution in [2.24, 2.45) is 13.0 Å². The minimum absolute atomic E-state index is 0.604. The lowest BCUT2D eigenvalue weighted by atomic mass is 10.2. The van der Waals surface area contributed by atoms with Crippen LogP contribution >= 0.6 is 0 Å². The molecule has 4 nitrogen and oxygen atoms in total. The molecule has 3 N–H and O–H groups in total. The molecule has 1 aliphatic rings. The molecular weight excluding hydrogens is 176 g/mol. The molecule has 1 aliphatic carbocycles. The predicted octanol–water partition coefficient (Wildman–Crippen LogP) is 1.60. The lowest BCUT2D eigenvalue weighted by Crippen LogP contribution is -2.07. The number of aryl methyl sites for hydroxylation is 1. The van der Waals surface area contributed by atoms with Crippen molar-refractivity contribution < 1.29 is 0 Å². The van der Waals surface area contributed by atoms with Crippen molar-refractivity contribution in [1.29, 1.82) is 0 Å². The van der Waals surface area contributed by atoms with Gasteiger partial charge in [-0.15, -0.1) is 0 Å². The van der Waals surface area contributed by atoms with E-state index in [4.69, 9.17) is 5.73 Å². The Balaban J connectivity index is 1.90. The number of rotatable bonds is 4. The fraction of sp³-hybridized carbons (Fsp3) is 0.700. The largest absolute Gasteiger partial charge is 0.394 e. The maximum absolute atomic E-state index is 5.79. The summed E-state index contributed by atoms with van der Waals surface area (Å²) < 4.78 is 1.74. The van der Waals surface area contributed by atoms with Gasteiger partial charge in [-0.1, -0.05) is 13.3 Å². The van der Waals surface area contributed by atoms with Crippen LogP contribution in [0, 0.1) is 5.92 Å². The molecule has 1 heterocycles. The molecule has 2 rings (SSSR count). The first-order valence-electron chi connectivity index (χ1n) is 5.26. The van der Waals surface area contributed by atoms with Crippen LogP contribution in [-0.2, 0) is 7.05 Å². The van der Waals surface area contributed by atoms with Crippen molar-refractivity contribution in [3.05, 3.63) is 6.20 Å². The van der Waals surface area contributed by atoms with Crippen molar-refractivity contribution in [1.82, 2.24) is 9.78 Å². The molecule has 1 fully saturated rings. The summed E-state index contributed by atoms with van der Waals surface area (Å²) in [6.45, 7) is 2.23. The summed E-state index contributed by atoms with van der Waals surface area (Å²) in [5.74, 6) is 1.68. The van der Waals surface area contributed by atoms with Gasteiger partial charge in [-0.05, 0) is 18.8 Å². The van der Waals surface area contributed by atoms with Crippen LogP contribution in [0.2, 0.25) is 0 Å². The molecule has 0 aromatic carbocycles. The highest BCUT2D eigenvalue weighted by atomic mass is 15.3. The van der Waals surface area contributed by atoms with Crippen LogP contribution in [0.1, 0.15) is 26.2 Å². The van der Waals surface area contributed by atoms with Gasteiger partial charge in [-0.3, -0.25) is 4.68 Å². The van der Waals surface area contributed by atoms with E-state index in [0.29, 0.717) is 6.04 Å². The minimum atomic E-state index is 0.604. The Morgan fingerprint density at radius 1 is 1.71 bits per heavy atom. The first kappa shape index (κ1) is 9.37. The van der Waals surface area contributed by atoms with Crippen molar-refractivity contribution in [2.45, 2.75) is 32.2 Å². The summed E-state index contributed by atoms with van der Waals surface area (Å²) in [6.07, 6.45) is 5.67. The molecule has 2 unspecified atom stereocenters. The SMILES string of the molecule is CCCC1CC1Nc1nn(C)cc1N. The van der Waals surface area contributed by atoms with Gasteiger partial charge in [0.15, 0.2) is 5.82 Å². The third-order valence-corrected chi connectivity index (χ3v) is 2.76. The topological polar surface area (TPSA) is 55.9 Å². The Labute approximate surface area is 84.5 Å². The fourth-order valence-corrected chi connectivity index (χ4v) is 1.91. The Morgan fingerprint density at radius 3 is 3.07 bits per heavy atom.